The number of aryl methyl sites for hydroxylation is 1. The van der Waals surface area contributed by atoms with E-state index in [2.05, 4.69) is 0 Å². The van der Waals surface area contributed by atoms with Crippen molar-refractivity contribution < 1.29 is 14.3 Å². The molecule has 4 heteroatoms. The van der Waals surface area contributed by atoms with E-state index < -0.39 is 5.97 Å². The van der Waals surface area contributed by atoms with Gasteiger partial charge in [-0.15, -0.1) is 0 Å². The smallest absolute Gasteiger partial charge is 0.303 e. The maximum atomic E-state index is 13.1. The molecule has 3 nitrogen and oxygen atoms in total. The summed E-state index contributed by atoms with van der Waals surface area (Å²) in [6.07, 6.45) is 0.929. The maximum absolute atomic E-state index is 13.1. The second kappa shape index (κ2) is 4.60. The van der Waals surface area contributed by atoms with Gasteiger partial charge in [0.1, 0.15) is 5.82 Å². The minimum atomic E-state index is -0.860. The average Bonchev–Trinajstić information content (AvgIpc) is 2.08. The van der Waals surface area contributed by atoms with Crippen molar-refractivity contribution in [3.63, 3.8) is 0 Å². The van der Waals surface area contributed by atoms with E-state index in [0.29, 0.717) is 24.1 Å². The van der Waals surface area contributed by atoms with E-state index in [-0.39, 0.29) is 12.2 Å². The van der Waals surface area contributed by atoms with Gasteiger partial charge in [-0.25, -0.2) is 4.39 Å². The molecule has 0 unspecified atom stereocenters. The highest BCUT2D eigenvalue weighted by Gasteiger charge is 2.03. The van der Waals surface area contributed by atoms with E-state index in [1.807, 2.05) is 0 Å². The van der Waals surface area contributed by atoms with Gasteiger partial charge in [-0.2, -0.15) is 0 Å². The van der Waals surface area contributed by atoms with Gasteiger partial charge in [0.05, 0.1) is 0 Å². The summed E-state index contributed by atoms with van der Waals surface area (Å²) in [7, 11) is 0. The highest BCUT2D eigenvalue weighted by molar-refractivity contribution is 5.66. The molecular weight excluding hydrogens is 185 g/mol. The van der Waals surface area contributed by atoms with Crippen molar-refractivity contribution in [1.82, 2.24) is 0 Å². The monoisotopic (exact) mass is 197 g/mol. The molecule has 0 atom stereocenters. The molecular formula is C10H12FNO2. The Morgan fingerprint density at radius 3 is 2.79 bits per heavy atom. The Kier molecular flexibility index (Phi) is 3.45. The van der Waals surface area contributed by atoms with Gasteiger partial charge in [0.15, 0.2) is 0 Å². The Morgan fingerprint density at radius 1 is 1.50 bits per heavy atom. The predicted octanol–water partition coefficient (Wildman–Crippen LogP) is 1.82. The van der Waals surface area contributed by atoms with E-state index in [1.54, 1.807) is 12.1 Å². The normalized spacial score (nSPS) is 10.1. The molecule has 0 aliphatic rings. The maximum Gasteiger partial charge on any atom is 0.303 e. The number of carboxylic acids is 1. The molecule has 0 aliphatic heterocycles. The van der Waals surface area contributed by atoms with Gasteiger partial charge in [-0.1, -0.05) is 6.07 Å². The fourth-order valence-corrected chi connectivity index (χ4v) is 1.20. The molecule has 0 amide bonds. The first-order chi connectivity index (χ1) is 6.59. The first-order valence-electron chi connectivity index (χ1n) is 4.35. The summed E-state index contributed by atoms with van der Waals surface area (Å²) in [6.45, 7) is 0. The molecule has 1 rings (SSSR count). The van der Waals surface area contributed by atoms with Crippen LogP contribution in [0, 0.1) is 5.82 Å². The van der Waals surface area contributed by atoms with Crippen LogP contribution in [0.1, 0.15) is 18.4 Å². The van der Waals surface area contributed by atoms with Crippen LogP contribution in [0.15, 0.2) is 18.2 Å². The SMILES string of the molecule is Nc1ccc(CCCC(=O)O)c(F)c1. The number of aliphatic carboxylic acids is 1. The number of nitrogen functional groups attached to an aromatic ring is 1. The zero-order valence-corrected chi connectivity index (χ0v) is 7.66. The number of halogens is 1. The zero-order chi connectivity index (χ0) is 10.6. The van der Waals surface area contributed by atoms with Crippen molar-refractivity contribution in [2.45, 2.75) is 19.3 Å². The molecule has 0 heterocycles. The van der Waals surface area contributed by atoms with Crippen LogP contribution >= 0.6 is 0 Å². The molecule has 3 N–H and O–H groups in total. The van der Waals surface area contributed by atoms with Crippen LogP contribution in [-0.2, 0) is 11.2 Å². The molecule has 0 aliphatic carbocycles. The molecule has 1 aromatic carbocycles. The van der Waals surface area contributed by atoms with Gasteiger partial charge >= 0.3 is 5.97 Å². The van der Waals surface area contributed by atoms with Crippen molar-refractivity contribution in [3.8, 4) is 0 Å². The molecule has 14 heavy (non-hydrogen) atoms. The van der Waals surface area contributed by atoms with Crippen molar-refractivity contribution in [2.75, 3.05) is 5.73 Å². The van der Waals surface area contributed by atoms with Crippen LogP contribution in [0.5, 0.6) is 0 Å². The predicted molar refractivity (Wildman–Crippen MR) is 51.4 cm³/mol. The standard InChI is InChI=1S/C10H12FNO2/c11-9-6-8(12)5-4-7(9)2-1-3-10(13)14/h4-6H,1-3,12H2,(H,13,14). The third-order valence-corrected chi connectivity index (χ3v) is 1.91. The van der Waals surface area contributed by atoms with Crippen LogP contribution in [0.4, 0.5) is 10.1 Å². The highest BCUT2D eigenvalue weighted by Crippen LogP contribution is 2.14. The molecule has 0 saturated heterocycles. The van der Waals surface area contributed by atoms with Crippen molar-refractivity contribution >= 4 is 11.7 Å². The summed E-state index contributed by atoms with van der Waals surface area (Å²) in [5, 5.41) is 8.39. The zero-order valence-electron chi connectivity index (χ0n) is 7.66. The lowest BCUT2D eigenvalue weighted by atomic mass is 10.1. The fraction of sp³-hybridized carbons (Fsp3) is 0.300. The fourth-order valence-electron chi connectivity index (χ4n) is 1.20. The van der Waals surface area contributed by atoms with Gasteiger partial charge < -0.3 is 10.8 Å². The molecule has 0 aromatic heterocycles. The van der Waals surface area contributed by atoms with E-state index >= 15 is 0 Å². The summed E-state index contributed by atoms with van der Waals surface area (Å²) >= 11 is 0. The lowest BCUT2D eigenvalue weighted by Gasteiger charge is -2.02. The van der Waals surface area contributed by atoms with Crippen LogP contribution in [-0.4, -0.2) is 11.1 Å². The minimum absolute atomic E-state index is 0.0593. The third kappa shape index (κ3) is 3.05. The minimum Gasteiger partial charge on any atom is -0.481 e. The van der Waals surface area contributed by atoms with Crippen molar-refractivity contribution in [2.24, 2.45) is 0 Å². The van der Waals surface area contributed by atoms with Gasteiger partial charge in [0, 0.05) is 12.1 Å². The molecule has 76 valence electrons. The first-order valence-corrected chi connectivity index (χ1v) is 4.35. The Labute approximate surface area is 81.4 Å². The number of carbonyl (C=O) groups is 1. The lowest BCUT2D eigenvalue weighted by Crippen LogP contribution is -1.98. The van der Waals surface area contributed by atoms with Gasteiger partial charge in [-0.3, -0.25) is 4.79 Å². The molecule has 1 aromatic rings. The summed E-state index contributed by atoms with van der Waals surface area (Å²) in [5.74, 6) is -1.23. The Bertz CT molecular complexity index is 339. The van der Waals surface area contributed by atoms with E-state index in [1.165, 1.54) is 6.07 Å². The summed E-state index contributed by atoms with van der Waals surface area (Å²) in [6, 6.07) is 4.45. The first kappa shape index (κ1) is 10.5. The van der Waals surface area contributed by atoms with E-state index in [4.69, 9.17) is 10.8 Å². The number of benzene rings is 1. The third-order valence-electron chi connectivity index (χ3n) is 1.91. The topological polar surface area (TPSA) is 63.3 Å². The Morgan fingerprint density at radius 2 is 2.21 bits per heavy atom. The lowest BCUT2D eigenvalue weighted by molar-refractivity contribution is -0.137. The molecule has 0 saturated carbocycles. The average molecular weight is 197 g/mol. The van der Waals surface area contributed by atoms with Crippen LogP contribution in [0.25, 0.3) is 0 Å². The highest BCUT2D eigenvalue weighted by atomic mass is 19.1. The van der Waals surface area contributed by atoms with Gasteiger partial charge in [0.2, 0.25) is 0 Å². The summed E-state index contributed by atoms with van der Waals surface area (Å²) in [4.78, 5) is 10.2. The number of carboxylic acid groups (broad SMARTS) is 1. The quantitative estimate of drug-likeness (QED) is 0.723. The van der Waals surface area contributed by atoms with Crippen molar-refractivity contribution in [1.29, 1.82) is 0 Å². The van der Waals surface area contributed by atoms with Crippen LogP contribution < -0.4 is 5.73 Å². The molecule has 0 spiro atoms. The number of rotatable bonds is 4. The van der Waals surface area contributed by atoms with Crippen molar-refractivity contribution in [3.05, 3.63) is 29.6 Å². The second-order valence-corrected chi connectivity index (χ2v) is 3.10. The largest absolute Gasteiger partial charge is 0.481 e. The summed E-state index contributed by atoms with van der Waals surface area (Å²) in [5.41, 5.74) is 6.26. The number of nitrogens with two attached hydrogens (primary N) is 1. The van der Waals surface area contributed by atoms with Crippen LogP contribution in [0.2, 0.25) is 0 Å². The summed E-state index contributed by atoms with van der Waals surface area (Å²) < 4.78 is 13.1. The van der Waals surface area contributed by atoms with E-state index in [9.17, 15) is 9.18 Å². The number of anilines is 1. The number of hydrogen-bond acceptors (Lipinski definition) is 2. The molecule has 0 bridgehead atoms. The Balaban J connectivity index is 2.55. The van der Waals surface area contributed by atoms with Gasteiger partial charge in [0.25, 0.3) is 0 Å². The number of hydrogen-bond donors (Lipinski definition) is 2. The molecule has 0 fully saturated rings. The Hall–Kier alpha value is -1.58. The molecule has 0 radical (unpaired) electrons. The van der Waals surface area contributed by atoms with Gasteiger partial charge in [-0.05, 0) is 30.5 Å². The van der Waals surface area contributed by atoms with E-state index in [0.717, 1.165) is 0 Å². The van der Waals surface area contributed by atoms with Crippen LogP contribution in [0.3, 0.4) is 0 Å². The second-order valence-electron chi connectivity index (χ2n) is 3.10.